The number of furan rings is 1. The van der Waals surface area contributed by atoms with E-state index in [4.69, 9.17) is 9.15 Å². The van der Waals surface area contributed by atoms with E-state index < -0.39 is 6.10 Å². The molecule has 2 aromatic heterocycles. The zero-order valence-corrected chi connectivity index (χ0v) is 14.3. The third-order valence-electron chi connectivity index (χ3n) is 5.03. The van der Waals surface area contributed by atoms with Crippen molar-refractivity contribution in [1.82, 2.24) is 15.2 Å². The van der Waals surface area contributed by atoms with Crippen LogP contribution in [-0.4, -0.2) is 46.5 Å². The Bertz CT molecular complexity index is 762. The van der Waals surface area contributed by atoms with Gasteiger partial charge in [-0.1, -0.05) is 0 Å². The van der Waals surface area contributed by atoms with Crippen LogP contribution in [0.2, 0.25) is 0 Å². The summed E-state index contributed by atoms with van der Waals surface area (Å²) in [5.41, 5.74) is 0.589. The average Bonchev–Trinajstić information content (AvgIpc) is 3.35. The SMILES string of the molecule is O=C(NCc1ccco1)[C@@H]1CC[C@H]2[C@H](CCN2C(=O)c2cccnc2)O1. The molecule has 4 heterocycles. The second kappa shape index (κ2) is 7.29. The van der Waals surface area contributed by atoms with Crippen LogP contribution in [0.5, 0.6) is 0 Å². The van der Waals surface area contributed by atoms with Gasteiger partial charge in [-0.25, -0.2) is 0 Å². The maximum Gasteiger partial charge on any atom is 0.255 e. The van der Waals surface area contributed by atoms with Gasteiger partial charge in [-0.3, -0.25) is 14.6 Å². The van der Waals surface area contributed by atoms with E-state index >= 15 is 0 Å². The van der Waals surface area contributed by atoms with Crippen LogP contribution in [0.1, 0.15) is 35.4 Å². The Hall–Kier alpha value is -2.67. The first-order valence-electron chi connectivity index (χ1n) is 8.89. The van der Waals surface area contributed by atoms with Crippen molar-refractivity contribution in [1.29, 1.82) is 0 Å². The molecule has 3 atom stereocenters. The summed E-state index contributed by atoms with van der Waals surface area (Å²) < 4.78 is 11.2. The molecule has 26 heavy (non-hydrogen) atoms. The fourth-order valence-electron chi connectivity index (χ4n) is 3.73. The third kappa shape index (κ3) is 3.35. The van der Waals surface area contributed by atoms with Gasteiger partial charge >= 0.3 is 0 Å². The van der Waals surface area contributed by atoms with E-state index in [9.17, 15) is 9.59 Å². The number of aromatic nitrogens is 1. The fourth-order valence-corrected chi connectivity index (χ4v) is 3.73. The average molecular weight is 355 g/mol. The molecule has 0 aromatic carbocycles. The molecule has 2 saturated heterocycles. The number of rotatable bonds is 4. The second-order valence-corrected chi connectivity index (χ2v) is 6.63. The number of nitrogens with one attached hydrogen (secondary N) is 1. The standard InChI is InChI=1S/C19H21N3O4/c23-18(21-12-14-4-2-10-25-14)17-6-5-15-16(26-17)7-9-22(15)19(24)13-3-1-8-20-11-13/h1-4,8,10-11,15-17H,5-7,9,12H2,(H,21,23)/t15-,16-,17-/m0/s1. The highest BCUT2D eigenvalue weighted by atomic mass is 16.5. The first-order chi connectivity index (χ1) is 12.7. The Morgan fingerprint density at radius 3 is 2.92 bits per heavy atom. The maximum absolute atomic E-state index is 12.7. The summed E-state index contributed by atoms with van der Waals surface area (Å²) in [4.78, 5) is 30.9. The smallest absolute Gasteiger partial charge is 0.255 e. The summed E-state index contributed by atoms with van der Waals surface area (Å²) in [6, 6.07) is 7.17. The van der Waals surface area contributed by atoms with Crippen LogP contribution in [0.4, 0.5) is 0 Å². The van der Waals surface area contributed by atoms with Gasteiger partial charge in [0, 0.05) is 18.9 Å². The quantitative estimate of drug-likeness (QED) is 0.903. The first-order valence-corrected chi connectivity index (χ1v) is 8.89. The first kappa shape index (κ1) is 16.8. The minimum atomic E-state index is -0.473. The number of pyridine rings is 1. The van der Waals surface area contributed by atoms with Crippen LogP contribution in [-0.2, 0) is 16.1 Å². The molecule has 2 aliphatic rings. The Morgan fingerprint density at radius 1 is 1.23 bits per heavy atom. The summed E-state index contributed by atoms with van der Waals surface area (Å²) in [5.74, 6) is 0.563. The number of likely N-dealkylation sites (tertiary alicyclic amines) is 1. The van der Waals surface area contributed by atoms with Crippen LogP contribution < -0.4 is 5.32 Å². The van der Waals surface area contributed by atoms with Crippen LogP contribution >= 0.6 is 0 Å². The highest BCUT2D eigenvalue weighted by Crippen LogP contribution is 2.32. The Labute approximate surface area is 151 Å². The van der Waals surface area contributed by atoms with E-state index in [1.807, 2.05) is 11.0 Å². The van der Waals surface area contributed by atoms with E-state index in [0.29, 0.717) is 30.8 Å². The zero-order valence-electron chi connectivity index (χ0n) is 14.3. The Kier molecular flexibility index (Phi) is 4.71. The van der Waals surface area contributed by atoms with Gasteiger partial charge in [0.25, 0.3) is 5.91 Å². The highest BCUT2D eigenvalue weighted by Gasteiger charge is 2.43. The van der Waals surface area contributed by atoms with Crippen LogP contribution in [0.15, 0.2) is 47.3 Å². The molecule has 0 saturated carbocycles. The maximum atomic E-state index is 12.7. The van der Waals surface area contributed by atoms with Crippen molar-refractivity contribution in [2.24, 2.45) is 0 Å². The lowest BCUT2D eigenvalue weighted by atomic mass is 9.98. The Balaban J connectivity index is 1.34. The molecule has 4 rings (SSSR count). The molecule has 0 aliphatic carbocycles. The number of nitrogens with zero attached hydrogens (tertiary/aromatic N) is 2. The second-order valence-electron chi connectivity index (χ2n) is 6.63. The van der Waals surface area contributed by atoms with Crippen molar-refractivity contribution in [3.05, 3.63) is 54.2 Å². The van der Waals surface area contributed by atoms with Gasteiger partial charge < -0.3 is 19.4 Å². The minimum absolute atomic E-state index is 0.0186. The normalized spacial score (nSPS) is 24.9. The number of ether oxygens (including phenoxy) is 1. The van der Waals surface area contributed by atoms with Gasteiger partial charge in [0.1, 0.15) is 11.9 Å². The van der Waals surface area contributed by atoms with Gasteiger partial charge in [-0.05, 0) is 43.5 Å². The summed E-state index contributed by atoms with van der Waals surface area (Å²) in [7, 11) is 0. The summed E-state index contributed by atoms with van der Waals surface area (Å²) in [6.07, 6.45) is 6.36. The molecule has 2 amide bonds. The van der Waals surface area contributed by atoms with Crippen molar-refractivity contribution in [2.45, 2.75) is 44.1 Å². The third-order valence-corrected chi connectivity index (χ3v) is 5.03. The monoisotopic (exact) mass is 355 g/mol. The van der Waals surface area contributed by atoms with Gasteiger partial charge in [0.2, 0.25) is 5.91 Å². The molecule has 2 aromatic rings. The summed E-state index contributed by atoms with van der Waals surface area (Å²) in [5, 5.41) is 2.85. The predicted octanol–water partition coefficient (Wildman–Crippen LogP) is 1.75. The van der Waals surface area contributed by atoms with Crippen LogP contribution in [0, 0.1) is 0 Å². The Morgan fingerprint density at radius 2 is 2.15 bits per heavy atom. The molecule has 2 aliphatic heterocycles. The van der Waals surface area contributed by atoms with Crippen LogP contribution in [0.3, 0.4) is 0 Å². The van der Waals surface area contributed by atoms with Crippen molar-refractivity contribution in [3.63, 3.8) is 0 Å². The van der Waals surface area contributed by atoms with Gasteiger partial charge in [-0.2, -0.15) is 0 Å². The zero-order chi connectivity index (χ0) is 17.9. The van der Waals surface area contributed by atoms with Crippen LogP contribution in [0.25, 0.3) is 0 Å². The fraction of sp³-hybridized carbons (Fsp3) is 0.421. The van der Waals surface area contributed by atoms with Crippen molar-refractivity contribution >= 4 is 11.8 Å². The molecule has 136 valence electrons. The van der Waals surface area contributed by atoms with Crippen molar-refractivity contribution in [2.75, 3.05) is 6.54 Å². The van der Waals surface area contributed by atoms with E-state index in [1.165, 1.54) is 0 Å². The number of amides is 2. The van der Waals surface area contributed by atoms with Gasteiger partial charge in [-0.15, -0.1) is 0 Å². The molecule has 0 spiro atoms. The molecule has 0 bridgehead atoms. The van der Waals surface area contributed by atoms with E-state index in [2.05, 4.69) is 10.3 Å². The molecule has 2 fully saturated rings. The lowest BCUT2D eigenvalue weighted by Crippen LogP contribution is -2.48. The lowest BCUT2D eigenvalue weighted by molar-refractivity contribution is -0.143. The number of fused-ring (bicyclic) bond motifs is 1. The molecular weight excluding hydrogens is 334 g/mol. The van der Waals surface area contributed by atoms with Gasteiger partial charge in [0.15, 0.2) is 0 Å². The largest absolute Gasteiger partial charge is 0.467 e. The number of carbonyl (C=O) groups is 2. The van der Waals surface area contributed by atoms with E-state index in [1.54, 1.807) is 36.9 Å². The molecule has 1 N–H and O–H groups in total. The van der Waals surface area contributed by atoms with Crippen molar-refractivity contribution < 1.29 is 18.7 Å². The topological polar surface area (TPSA) is 84.7 Å². The van der Waals surface area contributed by atoms with E-state index in [-0.39, 0.29) is 24.0 Å². The molecule has 7 nitrogen and oxygen atoms in total. The predicted molar refractivity (Wildman–Crippen MR) is 92.1 cm³/mol. The summed E-state index contributed by atoms with van der Waals surface area (Å²) >= 11 is 0. The molecule has 7 heteroatoms. The number of hydrogen-bond acceptors (Lipinski definition) is 5. The summed E-state index contributed by atoms with van der Waals surface area (Å²) in [6.45, 7) is 0.995. The van der Waals surface area contributed by atoms with Crippen molar-refractivity contribution in [3.8, 4) is 0 Å². The number of carbonyl (C=O) groups excluding carboxylic acids is 2. The lowest BCUT2D eigenvalue weighted by Gasteiger charge is -2.35. The van der Waals surface area contributed by atoms with E-state index in [0.717, 1.165) is 12.8 Å². The molecule has 0 radical (unpaired) electrons. The molecule has 0 unspecified atom stereocenters. The minimum Gasteiger partial charge on any atom is -0.467 e. The molecular formula is C19H21N3O4. The number of hydrogen-bond donors (Lipinski definition) is 1. The highest BCUT2D eigenvalue weighted by molar-refractivity contribution is 5.94. The van der Waals surface area contributed by atoms with Gasteiger partial charge in [0.05, 0.1) is 30.5 Å².